The highest BCUT2D eigenvalue weighted by Crippen LogP contribution is 2.24. The Hall–Kier alpha value is -1.01. The summed E-state index contributed by atoms with van der Waals surface area (Å²) in [5.74, 6) is 1.07. The molecule has 1 saturated heterocycles. The number of hydrogen-bond donors (Lipinski definition) is 1. The fourth-order valence-corrected chi connectivity index (χ4v) is 2.84. The summed E-state index contributed by atoms with van der Waals surface area (Å²) in [5.41, 5.74) is 6.47. The number of nitrogens with two attached hydrogens (primary N) is 1. The van der Waals surface area contributed by atoms with Gasteiger partial charge in [0, 0.05) is 13.1 Å². The van der Waals surface area contributed by atoms with Gasteiger partial charge in [-0.2, -0.15) is 0 Å². The van der Waals surface area contributed by atoms with Crippen molar-refractivity contribution in [2.24, 2.45) is 17.6 Å². The third-order valence-corrected chi connectivity index (χ3v) is 4.37. The van der Waals surface area contributed by atoms with Gasteiger partial charge in [0.05, 0.1) is 5.69 Å². The van der Waals surface area contributed by atoms with Crippen LogP contribution in [-0.2, 0) is 0 Å². The highest BCUT2D eigenvalue weighted by atomic mass is 32.1. The van der Waals surface area contributed by atoms with Gasteiger partial charge in [-0.3, -0.25) is 4.79 Å². The average molecular weight is 254 g/mol. The number of amides is 1. The van der Waals surface area contributed by atoms with E-state index in [1.165, 1.54) is 11.5 Å². The van der Waals surface area contributed by atoms with Gasteiger partial charge < -0.3 is 10.6 Å². The smallest absolute Gasteiger partial charge is 0.267 e. The van der Waals surface area contributed by atoms with Gasteiger partial charge in [-0.05, 0) is 43.3 Å². The maximum atomic E-state index is 12.3. The molecular formula is C11H18N4OS. The van der Waals surface area contributed by atoms with E-state index < -0.39 is 0 Å². The number of rotatable bonds is 2. The number of aromatic nitrogens is 2. The van der Waals surface area contributed by atoms with Crippen LogP contribution >= 0.6 is 11.5 Å². The number of likely N-dealkylation sites (tertiary alicyclic amines) is 1. The van der Waals surface area contributed by atoms with Crippen molar-refractivity contribution in [3.05, 3.63) is 10.6 Å². The molecule has 2 unspecified atom stereocenters. The molecule has 17 heavy (non-hydrogen) atoms. The van der Waals surface area contributed by atoms with Gasteiger partial charge in [-0.1, -0.05) is 11.4 Å². The van der Waals surface area contributed by atoms with Gasteiger partial charge >= 0.3 is 0 Å². The lowest BCUT2D eigenvalue weighted by Gasteiger charge is -2.36. The van der Waals surface area contributed by atoms with Crippen molar-refractivity contribution in [3.8, 4) is 0 Å². The Bertz CT molecular complexity index is 406. The lowest BCUT2D eigenvalue weighted by atomic mass is 9.87. The average Bonchev–Trinajstić information content (AvgIpc) is 2.75. The first kappa shape index (κ1) is 12.4. The standard InChI is InChI=1S/C11H18N4OS/c1-7-3-4-15(6-9(7)5-12)11(16)10-8(2)13-14-17-10/h7,9H,3-6,12H2,1-2H3. The largest absolute Gasteiger partial charge is 0.337 e. The molecule has 1 aliphatic rings. The second kappa shape index (κ2) is 5.10. The second-order valence-electron chi connectivity index (χ2n) is 4.70. The Kier molecular flexibility index (Phi) is 3.73. The fourth-order valence-electron chi connectivity index (χ4n) is 2.21. The Balaban J connectivity index is 2.09. The summed E-state index contributed by atoms with van der Waals surface area (Å²) in [4.78, 5) is 14.8. The van der Waals surface area contributed by atoms with E-state index in [4.69, 9.17) is 5.73 Å². The molecule has 2 N–H and O–H groups in total. The van der Waals surface area contributed by atoms with Crippen molar-refractivity contribution in [2.45, 2.75) is 20.3 Å². The number of carbonyl (C=O) groups is 1. The number of aryl methyl sites for hydroxylation is 1. The molecule has 2 atom stereocenters. The maximum Gasteiger partial charge on any atom is 0.267 e. The first-order valence-corrected chi connectivity index (χ1v) is 6.69. The maximum absolute atomic E-state index is 12.3. The normalized spacial score (nSPS) is 25.0. The number of nitrogens with zero attached hydrogens (tertiary/aromatic N) is 3. The van der Waals surface area contributed by atoms with E-state index in [9.17, 15) is 4.79 Å². The molecule has 2 heterocycles. The number of carbonyl (C=O) groups excluding carboxylic acids is 1. The molecule has 1 aromatic rings. The lowest BCUT2D eigenvalue weighted by molar-refractivity contribution is 0.0622. The van der Waals surface area contributed by atoms with Gasteiger partial charge in [0.25, 0.3) is 5.91 Å². The van der Waals surface area contributed by atoms with Crippen molar-refractivity contribution in [2.75, 3.05) is 19.6 Å². The Morgan fingerprint density at radius 1 is 1.65 bits per heavy atom. The topological polar surface area (TPSA) is 72.1 Å². The minimum Gasteiger partial charge on any atom is -0.337 e. The monoisotopic (exact) mass is 254 g/mol. The number of hydrogen-bond acceptors (Lipinski definition) is 5. The van der Waals surface area contributed by atoms with E-state index in [0.717, 1.165) is 25.2 Å². The fraction of sp³-hybridized carbons (Fsp3) is 0.727. The Morgan fingerprint density at radius 3 is 3.00 bits per heavy atom. The molecule has 0 radical (unpaired) electrons. The van der Waals surface area contributed by atoms with Gasteiger partial charge in [-0.15, -0.1) is 5.10 Å². The van der Waals surface area contributed by atoms with E-state index in [1.807, 2.05) is 11.8 Å². The molecule has 94 valence electrons. The highest BCUT2D eigenvalue weighted by Gasteiger charge is 2.29. The summed E-state index contributed by atoms with van der Waals surface area (Å²) in [6, 6.07) is 0. The quantitative estimate of drug-likeness (QED) is 0.851. The molecule has 0 saturated carbocycles. The SMILES string of the molecule is Cc1nnsc1C(=O)N1CCC(C)C(CN)C1. The molecular weight excluding hydrogens is 236 g/mol. The minimum absolute atomic E-state index is 0.0582. The molecule has 2 rings (SSSR count). The van der Waals surface area contributed by atoms with Crippen LogP contribution in [0.2, 0.25) is 0 Å². The van der Waals surface area contributed by atoms with Crippen molar-refractivity contribution in [1.82, 2.24) is 14.5 Å². The molecule has 1 fully saturated rings. The van der Waals surface area contributed by atoms with Crippen molar-refractivity contribution >= 4 is 17.4 Å². The molecule has 5 nitrogen and oxygen atoms in total. The Morgan fingerprint density at radius 2 is 2.41 bits per heavy atom. The zero-order valence-corrected chi connectivity index (χ0v) is 11.0. The van der Waals surface area contributed by atoms with Crippen molar-refractivity contribution < 1.29 is 4.79 Å². The van der Waals surface area contributed by atoms with E-state index in [2.05, 4.69) is 16.5 Å². The number of piperidine rings is 1. The molecule has 1 aromatic heterocycles. The lowest BCUT2D eigenvalue weighted by Crippen LogP contribution is -2.45. The molecule has 6 heteroatoms. The molecule has 0 aliphatic carbocycles. The molecule has 0 spiro atoms. The first-order valence-electron chi connectivity index (χ1n) is 5.91. The van der Waals surface area contributed by atoms with Crippen LogP contribution in [0.25, 0.3) is 0 Å². The first-order chi connectivity index (χ1) is 8.13. The minimum atomic E-state index is 0.0582. The third-order valence-electron chi connectivity index (χ3n) is 3.55. The van der Waals surface area contributed by atoms with Crippen molar-refractivity contribution in [1.29, 1.82) is 0 Å². The molecule has 0 bridgehead atoms. The van der Waals surface area contributed by atoms with Crippen LogP contribution in [0.15, 0.2) is 0 Å². The van der Waals surface area contributed by atoms with E-state index >= 15 is 0 Å². The van der Waals surface area contributed by atoms with Crippen LogP contribution in [0.5, 0.6) is 0 Å². The van der Waals surface area contributed by atoms with Crippen LogP contribution in [0.4, 0.5) is 0 Å². The van der Waals surface area contributed by atoms with E-state index in [1.54, 1.807) is 0 Å². The predicted molar refractivity (Wildman–Crippen MR) is 66.9 cm³/mol. The van der Waals surface area contributed by atoms with E-state index in [-0.39, 0.29) is 5.91 Å². The van der Waals surface area contributed by atoms with Crippen LogP contribution in [0, 0.1) is 18.8 Å². The molecule has 1 aliphatic heterocycles. The highest BCUT2D eigenvalue weighted by molar-refractivity contribution is 7.07. The van der Waals surface area contributed by atoms with E-state index in [0.29, 0.717) is 23.3 Å². The Labute approximate surface area is 105 Å². The van der Waals surface area contributed by atoms with Crippen LogP contribution in [-0.4, -0.2) is 40.0 Å². The summed E-state index contributed by atoms with van der Waals surface area (Å²) in [5, 5.41) is 3.88. The van der Waals surface area contributed by atoms with Crippen LogP contribution < -0.4 is 5.73 Å². The van der Waals surface area contributed by atoms with Gasteiger partial charge in [0.1, 0.15) is 4.88 Å². The second-order valence-corrected chi connectivity index (χ2v) is 5.45. The summed E-state index contributed by atoms with van der Waals surface area (Å²) < 4.78 is 3.81. The summed E-state index contributed by atoms with van der Waals surface area (Å²) in [6.45, 7) is 6.25. The summed E-state index contributed by atoms with van der Waals surface area (Å²) in [7, 11) is 0. The van der Waals surface area contributed by atoms with Crippen molar-refractivity contribution in [3.63, 3.8) is 0 Å². The van der Waals surface area contributed by atoms with Crippen LogP contribution in [0.1, 0.15) is 28.7 Å². The molecule has 1 amide bonds. The predicted octanol–water partition coefficient (Wildman–Crippen LogP) is 0.903. The summed E-state index contributed by atoms with van der Waals surface area (Å²) >= 11 is 1.18. The zero-order valence-electron chi connectivity index (χ0n) is 10.2. The van der Waals surface area contributed by atoms with Gasteiger partial charge in [0.2, 0.25) is 0 Å². The van der Waals surface area contributed by atoms with Gasteiger partial charge in [0.15, 0.2) is 0 Å². The third kappa shape index (κ3) is 2.47. The van der Waals surface area contributed by atoms with Gasteiger partial charge in [-0.25, -0.2) is 0 Å². The summed E-state index contributed by atoms with van der Waals surface area (Å²) in [6.07, 6.45) is 1.03. The van der Waals surface area contributed by atoms with Crippen LogP contribution in [0.3, 0.4) is 0 Å². The molecule has 0 aromatic carbocycles. The zero-order chi connectivity index (χ0) is 12.4.